The Hall–Kier alpha value is -3.17. The van der Waals surface area contributed by atoms with Crippen molar-refractivity contribution in [2.24, 2.45) is 0 Å². The predicted octanol–water partition coefficient (Wildman–Crippen LogP) is 2.80. The SMILES string of the molecule is Cc1ccc(Cn2cnc(NC(=O)Cn3nc(C)cc3C(F)(F)F)n2)cc1. The molecule has 0 unspecified atom stereocenters. The zero-order chi connectivity index (χ0) is 19.6. The number of carbonyl (C=O) groups is 1. The second-order valence-electron chi connectivity index (χ2n) is 6.13. The van der Waals surface area contributed by atoms with Crippen molar-refractivity contribution >= 4 is 11.9 Å². The van der Waals surface area contributed by atoms with Gasteiger partial charge in [-0.15, -0.1) is 5.10 Å². The number of aromatic nitrogens is 5. The molecule has 2 heterocycles. The molecule has 0 aliphatic heterocycles. The number of benzene rings is 1. The van der Waals surface area contributed by atoms with Crippen molar-refractivity contribution < 1.29 is 18.0 Å². The molecule has 3 aromatic rings. The molecule has 10 heteroatoms. The van der Waals surface area contributed by atoms with Crippen molar-refractivity contribution in [3.05, 3.63) is 59.2 Å². The average Bonchev–Trinajstić information content (AvgIpc) is 3.15. The van der Waals surface area contributed by atoms with E-state index in [1.54, 1.807) is 0 Å². The first kappa shape index (κ1) is 18.6. The minimum absolute atomic E-state index is 0.0181. The molecule has 1 amide bonds. The lowest BCUT2D eigenvalue weighted by Crippen LogP contribution is -2.24. The summed E-state index contributed by atoms with van der Waals surface area (Å²) >= 11 is 0. The van der Waals surface area contributed by atoms with Gasteiger partial charge < -0.3 is 0 Å². The van der Waals surface area contributed by atoms with Crippen LogP contribution in [-0.4, -0.2) is 30.5 Å². The molecule has 0 saturated heterocycles. The molecule has 27 heavy (non-hydrogen) atoms. The Morgan fingerprint density at radius 3 is 2.52 bits per heavy atom. The maximum absolute atomic E-state index is 13.0. The quantitative estimate of drug-likeness (QED) is 0.741. The van der Waals surface area contributed by atoms with E-state index in [1.807, 2.05) is 31.2 Å². The number of nitrogens with zero attached hydrogens (tertiary/aromatic N) is 5. The molecular formula is C17H17F3N6O. The summed E-state index contributed by atoms with van der Waals surface area (Å²) in [4.78, 5) is 16.0. The molecule has 7 nitrogen and oxygen atoms in total. The fourth-order valence-electron chi connectivity index (χ4n) is 2.50. The number of alkyl halides is 3. The average molecular weight is 378 g/mol. The van der Waals surface area contributed by atoms with E-state index in [-0.39, 0.29) is 11.6 Å². The summed E-state index contributed by atoms with van der Waals surface area (Å²) in [6.07, 6.45) is -3.15. The van der Waals surface area contributed by atoms with E-state index in [9.17, 15) is 18.0 Å². The van der Waals surface area contributed by atoms with Crippen molar-refractivity contribution in [3.8, 4) is 0 Å². The third-order valence-electron chi connectivity index (χ3n) is 3.74. The molecule has 142 valence electrons. The maximum Gasteiger partial charge on any atom is 0.433 e. The van der Waals surface area contributed by atoms with Gasteiger partial charge in [-0.3, -0.25) is 14.8 Å². The molecule has 0 aliphatic carbocycles. The number of hydrogen-bond acceptors (Lipinski definition) is 4. The lowest BCUT2D eigenvalue weighted by molar-refractivity contribution is -0.144. The third-order valence-corrected chi connectivity index (χ3v) is 3.74. The molecule has 3 rings (SSSR count). The molecule has 2 aromatic heterocycles. The van der Waals surface area contributed by atoms with Crippen molar-refractivity contribution in [1.29, 1.82) is 0 Å². The topological polar surface area (TPSA) is 77.6 Å². The standard InChI is InChI=1S/C17H17F3N6O/c1-11-3-5-13(6-4-11)8-25-10-21-16(24-25)22-15(27)9-26-14(17(18,19)20)7-12(2)23-26/h3-7,10H,8-9H2,1-2H3,(H,22,24,27). The molecule has 0 atom stereocenters. The highest BCUT2D eigenvalue weighted by molar-refractivity contribution is 5.88. The van der Waals surface area contributed by atoms with Gasteiger partial charge in [-0.25, -0.2) is 9.67 Å². The van der Waals surface area contributed by atoms with Gasteiger partial charge in [0.05, 0.1) is 12.2 Å². The number of carbonyl (C=O) groups excluding carboxylic acids is 1. The first-order valence-corrected chi connectivity index (χ1v) is 8.07. The lowest BCUT2D eigenvalue weighted by atomic mass is 10.1. The summed E-state index contributed by atoms with van der Waals surface area (Å²) in [7, 11) is 0. The smallest absolute Gasteiger partial charge is 0.292 e. The first-order chi connectivity index (χ1) is 12.7. The monoisotopic (exact) mass is 378 g/mol. The maximum atomic E-state index is 13.0. The van der Waals surface area contributed by atoms with Crippen LogP contribution in [0.15, 0.2) is 36.7 Å². The Morgan fingerprint density at radius 1 is 1.15 bits per heavy atom. The number of halogens is 3. The Balaban J connectivity index is 1.64. The summed E-state index contributed by atoms with van der Waals surface area (Å²) in [5, 5.41) is 10.2. The number of hydrogen-bond donors (Lipinski definition) is 1. The largest absolute Gasteiger partial charge is 0.433 e. The molecular weight excluding hydrogens is 361 g/mol. The van der Waals surface area contributed by atoms with E-state index < -0.39 is 24.3 Å². The minimum Gasteiger partial charge on any atom is -0.292 e. The third kappa shape index (κ3) is 4.72. The Labute approximate surface area is 152 Å². The van der Waals surface area contributed by atoms with E-state index in [0.29, 0.717) is 11.2 Å². The Bertz CT molecular complexity index is 942. The zero-order valence-corrected chi connectivity index (χ0v) is 14.7. The second kappa shape index (κ2) is 7.22. The molecule has 0 radical (unpaired) electrons. The molecule has 1 aromatic carbocycles. The van der Waals surface area contributed by atoms with Gasteiger partial charge in [0, 0.05) is 0 Å². The lowest BCUT2D eigenvalue weighted by Gasteiger charge is -2.09. The number of anilines is 1. The van der Waals surface area contributed by atoms with Gasteiger partial charge in [0.25, 0.3) is 0 Å². The molecule has 0 aliphatic rings. The van der Waals surface area contributed by atoms with Gasteiger partial charge in [-0.1, -0.05) is 29.8 Å². The summed E-state index contributed by atoms with van der Waals surface area (Å²) in [6, 6.07) is 8.74. The fraction of sp³-hybridized carbons (Fsp3) is 0.294. The van der Waals surface area contributed by atoms with Gasteiger partial charge in [0.2, 0.25) is 11.9 Å². The van der Waals surface area contributed by atoms with Crippen LogP contribution in [0.3, 0.4) is 0 Å². The van der Waals surface area contributed by atoms with Gasteiger partial charge in [0.1, 0.15) is 18.6 Å². The second-order valence-corrected chi connectivity index (χ2v) is 6.13. The number of nitrogens with one attached hydrogen (secondary N) is 1. The van der Waals surface area contributed by atoms with Crippen LogP contribution in [0, 0.1) is 13.8 Å². The van der Waals surface area contributed by atoms with Crippen molar-refractivity contribution in [3.63, 3.8) is 0 Å². The van der Waals surface area contributed by atoms with Gasteiger partial charge in [-0.2, -0.15) is 18.3 Å². The van der Waals surface area contributed by atoms with Gasteiger partial charge in [-0.05, 0) is 25.5 Å². The molecule has 0 saturated carbocycles. The van der Waals surface area contributed by atoms with Crippen LogP contribution in [0.1, 0.15) is 22.5 Å². The minimum atomic E-state index is -4.59. The summed E-state index contributed by atoms with van der Waals surface area (Å²) < 4.78 is 41.0. The summed E-state index contributed by atoms with van der Waals surface area (Å²) in [5.74, 6) is -0.679. The van der Waals surface area contributed by atoms with E-state index in [2.05, 4.69) is 20.5 Å². The number of amides is 1. The van der Waals surface area contributed by atoms with Gasteiger partial charge in [0.15, 0.2) is 0 Å². The fourth-order valence-corrected chi connectivity index (χ4v) is 2.50. The van der Waals surface area contributed by atoms with E-state index >= 15 is 0 Å². The highest BCUT2D eigenvalue weighted by atomic mass is 19.4. The summed E-state index contributed by atoms with van der Waals surface area (Å²) in [6.45, 7) is 3.28. The van der Waals surface area contributed by atoms with E-state index in [1.165, 1.54) is 17.9 Å². The zero-order valence-electron chi connectivity index (χ0n) is 14.7. The van der Waals surface area contributed by atoms with Crippen LogP contribution in [0.25, 0.3) is 0 Å². The van der Waals surface area contributed by atoms with Crippen molar-refractivity contribution in [2.45, 2.75) is 33.1 Å². The van der Waals surface area contributed by atoms with Crippen LogP contribution < -0.4 is 5.32 Å². The van der Waals surface area contributed by atoms with Crippen LogP contribution >= 0.6 is 0 Å². The Kier molecular flexibility index (Phi) is 4.98. The van der Waals surface area contributed by atoms with Crippen LogP contribution in [0.4, 0.5) is 19.1 Å². The summed E-state index contributed by atoms with van der Waals surface area (Å²) in [5.41, 5.74) is 1.34. The number of rotatable bonds is 5. The van der Waals surface area contributed by atoms with E-state index in [4.69, 9.17) is 0 Å². The van der Waals surface area contributed by atoms with Crippen LogP contribution in [0.2, 0.25) is 0 Å². The molecule has 0 spiro atoms. The van der Waals surface area contributed by atoms with Crippen LogP contribution in [0.5, 0.6) is 0 Å². The predicted molar refractivity (Wildman–Crippen MR) is 90.9 cm³/mol. The van der Waals surface area contributed by atoms with E-state index in [0.717, 1.165) is 17.2 Å². The van der Waals surface area contributed by atoms with Crippen LogP contribution in [-0.2, 0) is 24.1 Å². The Morgan fingerprint density at radius 2 is 1.85 bits per heavy atom. The van der Waals surface area contributed by atoms with Gasteiger partial charge >= 0.3 is 6.18 Å². The normalized spacial score (nSPS) is 11.6. The number of aryl methyl sites for hydroxylation is 2. The highest BCUT2D eigenvalue weighted by Crippen LogP contribution is 2.29. The highest BCUT2D eigenvalue weighted by Gasteiger charge is 2.35. The molecule has 0 fully saturated rings. The first-order valence-electron chi connectivity index (χ1n) is 8.07. The molecule has 1 N–H and O–H groups in total. The molecule has 0 bridgehead atoms. The van der Waals surface area contributed by atoms with Crippen molar-refractivity contribution in [2.75, 3.05) is 5.32 Å². The van der Waals surface area contributed by atoms with Crippen molar-refractivity contribution in [1.82, 2.24) is 24.5 Å².